The summed E-state index contributed by atoms with van der Waals surface area (Å²) < 4.78 is 0. The van der Waals surface area contributed by atoms with Crippen molar-refractivity contribution in [3.05, 3.63) is 0 Å². The summed E-state index contributed by atoms with van der Waals surface area (Å²) in [5.41, 5.74) is -0.861. The highest BCUT2D eigenvalue weighted by Crippen LogP contribution is 2.40. The molecule has 2 aliphatic heterocycles. The second-order valence-corrected chi connectivity index (χ2v) is 8.47. The van der Waals surface area contributed by atoms with Crippen molar-refractivity contribution in [2.45, 2.75) is 81.8 Å². The standard InChI is InChI=1S/C19H27N3O5/c23-15(22-13-7-3-2-6-12(13)10-14(22)16(24)25)11-21-17(26)19(20-18(21)27)8-4-1-5-9-19/h12-14H,1-11H2,(H,20,27)(H,24,25)/t12-,13+,14+/m1/s1. The number of carbonyl (C=O) groups is 4. The Morgan fingerprint density at radius 3 is 2.48 bits per heavy atom. The molecule has 2 saturated heterocycles. The van der Waals surface area contributed by atoms with Gasteiger partial charge in [-0.25, -0.2) is 9.59 Å². The fourth-order valence-corrected chi connectivity index (χ4v) is 5.57. The molecule has 2 aliphatic carbocycles. The summed E-state index contributed by atoms with van der Waals surface area (Å²) in [7, 11) is 0. The molecular formula is C19H27N3O5. The van der Waals surface area contributed by atoms with Crippen LogP contribution < -0.4 is 5.32 Å². The van der Waals surface area contributed by atoms with E-state index in [1.165, 1.54) is 4.90 Å². The third-order valence-electron chi connectivity index (χ3n) is 6.91. The maximum atomic E-state index is 13.0. The Balaban J connectivity index is 1.51. The molecule has 0 aromatic heterocycles. The first-order chi connectivity index (χ1) is 12.9. The molecule has 2 N–H and O–H groups in total. The molecule has 0 bridgehead atoms. The maximum Gasteiger partial charge on any atom is 0.326 e. The number of carboxylic acids is 1. The van der Waals surface area contributed by atoms with E-state index in [4.69, 9.17) is 0 Å². The van der Waals surface area contributed by atoms with Gasteiger partial charge in [-0.3, -0.25) is 14.5 Å². The van der Waals surface area contributed by atoms with Crippen molar-refractivity contribution in [2.24, 2.45) is 5.92 Å². The van der Waals surface area contributed by atoms with Gasteiger partial charge in [-0.2, -0.15) is 0 Å². The lowest BCUT2D eigenvalue weighted by Crippen LogP contribution is -2.52. The molecule has 2 heterocycles. The first-order valence-electron chi connectivity index (χ1n) is 10.1. The number of fused-ring (bicyclic) bond motifs is 1. The second-order valence-electron chi connectivity index (χ2n) is 8.47. The number of nitrogens with zero attached hydrogens (tertiary/aromatic N) is 2. The summed E-state index contributed by atoms with van der Waals surface area (Å²) in [6.45, 7) is -0.362. The van der Waals surface area contributed by atoms with Crippen LogP contribution in [0.2, 0.25) is 0 Å². The molecule has 4 rings (SSSR count). The fraction of sp³-hybridized carbons (Fsp3) is 0.789. The van der Waals surface area contributed by atoms with Gasteiger partial charge in [0.15, 0.2) is 0 Å². The predicted molar refractivity (Wildman–Crippen MR) is 94.7 cm³/mol. The minimum Gasteiger partial charge on any atom is -0.480 e. The lowest BCUT2D eigenvalue weighted by molar-refractivity contribution is -0.151. The van der Waals surface area contributed by atoms with Crippen molar-refractivity contribution >= 4 is 23.8 Å². The maximum absolute atomic E-state index is 13.0. The van der Waals surface area contributed by atoms with Crippen LogP contribution >= 0.6 is 0 Å². The summed E-state index contributed by atoms with van der Waals surface area (Å²) in [6, 6.07) is -1.46. The molecular weight excluding hydrogens is 350 g/mol. The number of nitrogens with one attached hydrogen (secondary N) is 1. The van der Waals surface area contributed by atoms with Crippen molar-refractivity contribution in [2.75, 3.05) is 6.54 Å². The third kappa shape index (κ3) is 2.99. The van der Waals surface area contributed by atoms with Crippen molar-refractivity contribution in [3.8, 4) is 0 Å². The average Bonchev–Trinajstić information content (AvgIpc) is 3.14. The van der Waals surface area contributed by atoms with E-state index < -0.39 is 29.5 Å². The van der Waals surface area contributed by atoms with Crippen LogP contribution in [-0.2, 0) is 14.4 Å². The predicted octanol–water partition coefficient (Wildman–Crippen LogP) is 1.49. The van der Waals surface area contributed by atoms with E-state index in [2.05, 4.69) is 5.32 Å². The molecule has 0 unspecified atom stereocenters. The summed E-state index contributed by atoms with van der Waals surface area (Å²) in [4.78, 5) is 52.5. The number of aliphatic carboxylic acids is 1. The molecule has 2 saturated carbocycles. The number of likely N-dealkylation sites (tertiary alicyclic amines) is 1. The van der Waals surface area contributed by atoms with Crippen molar-refractivity contribution in [1.82, 2.24) is 15.1 Å². The molecule has 8 heteroatoms. The van der Waals surface area contributed by atoms with Crippen LogP contribution in [0.1, 0.15) is 64.2 Å². The van der Waals surface area contributed by atoms with Gasteiger partial charge in [-0.05, 0) is 38.0 Å². The number of carbonyl (C=O) groups excluding carboxylic acids is 3. The van der Waals surface area contributed by atoms with Crippen molar-refractivity contribution in [3.63, 3.8) is 0 Å². The van der Waals surface area contributed by atoms with Crippen LogP contribution in [0, 0.1) is 5.92 Å². The molecule has 148 valence electrons. The average molecular weight is 377 g/mol. The molecule has 27 heavy (non-hydrogen) atoms. The fourth-order valence-electron chi connectivity index (χ4n) is 5.57. The van der Waals surface area contributed by atoms with Gasteiger partial charge in [0.2, 0.25) is 5.91 Å². The normalized spacial score (nSPS) is 32.5. The summed E-state index contributed by atoms with van der Waals surface area (Å²) in [6.07, 6.45) is 8.25. The quantitative estimate of drug-likeness (QED) is 0.725. The highest BCUT2D eigenvalue weighted by Gasteiger charge is 2.53. The lowest BCUT2D eigenvalue weighted by atomic mass is 9.82. The van der Waals surface area contributed by atoms with Gasteiger partial charge < -0.3 is 15.3 Å². The van der Waals surface area contributed by atoms with Crippen LogP contribution in [0.5, 0.6) is 0 Å². The lowest BCUT2D eigenvalue weighted by Gasteiger charge is -2.34. The topological polar surface area (TPSA) is 107 Å². The van der Waals surface area contributed by atoms with E-state index >= 15 is 0 Å². The number of amides is 4. The Bertz CT molecular complexity index is 672. The SMILES string of the molecule is O=C(O)[C@@H]1C[C@H]2CCCC[C@@H]2N1C(=O)CN1C(=O)NC2(CCCCC2)C1=O. The van der Waals surface area contributed by atoms with Crippen LogP contribution in [0.15, 0.2) is 0 Å². The number of imide groups is 1. The Kier molecular flexibility index (Phi) is 4.60. The van der Waals surface area contributed by atoms with Gasteiger partial charge in [-0.15, -0.1) is 0 Å². The molecule has 4 fully saturated rings. The van der Waals surface area contributed by atoms with E-state index in [0.29, 0.717) is 19.3 Å². The Morgan fingerprint density at radius 2 is 1.78 bits per heavy atom. The second kappa shape index (κ2) is 6.80. The molecule has 0 radical (unpaired) electrons. The summed E-state index contributed by atoms with van der Waals surface area (Å²) in [5.74, 6) is -1.55. The minimum absolute atomic E-state index is 0.0863. The largest absolute Gasteiger partial charge is 0.480 e. The Morgan fingerprint density at radius 1 is 1.07 bits per heavy atom. The summed E-state index contributed by atoms with van der Waals surface area (Å²) in [5, 5.41) is 12.4. The van der Waals surface area contributed by atoms with E-state index in [1.807, 2.05) is 0 Å². The van der Waals surface area contributed by atoms with Gasteiger partial charge in [0.1, 0.15) is 18.1 Å². The van der Waals surface area contributed by atoms with Gasteiger partial charge in [0.25, 0.3) is 5.91 Å². The Labute approximate surface area is 158 Å². The monoisotopic (exact) mass is 377 g/mol. The molecule has 8 nitrogen and oxygen atoms in total. The smallest absolute Gasteiger partial charge is 0.326 e. The molecule has 1 spiro atoms. The van der Waals surface area contributed by atoms with Crippen LogP contribution in [0.3, 0.4) is 0 Å². The van der Waals surface area contributed by atoms with Gasteiger partial charge >= 0.3 is 12.0 Å². The van der Waals surface area contributed by atoms with Gasteiger partial charge in [0.05, 0.1) is 0 Å². The summed E-state index contributed by atoms with van der Waals surface area (Å²) >= 11 is 0. The van der Waals surface area contributed by atoms with Crippen LogP contribution in [0.4, 0.5) is 4.79 Å². The van der Waals surface area contributed by atoms with Gasteiger partial charge in [0, 0.05) is 6.04 Å². The van der Waals surface area contributed by atoms with Crippen LogP contribution in [0.25, 0.3) is 0 Å². The first-order valence-corrected chi connectivity index (χ1v) is 10.1. The zero-order chi connectivity index (χ0) is 19.2. The van der Waals surface area contributed by atoms with Crippen molar-refractivity contribution < 1.29 is 24.3 Å². The molecule has 0 aromatic rings. The van der Waals surface area contributed by atoms with E-state index in [-0.39, 0.29) is 24.4 Å². The van der Waals surface area contributed by atoms with Crippen LogP contribution in [-0.4, -0.2) is 62.9 Å². The third-order valence-corrected chi connectivity index (χ3v) is 6.91. The van der Waals surface area contributed by atoms with E-state index in [0.717, 1.165) is 49.8 Å². The molecule has 3 atom stereocenters. The number of urea groups is 1. The highest BCUT2D eigenvalue weighted by atomic mass is 16.4. The molecule has 4 amide bonds. The number of rotatable bonds is 3. The van der Waals surface area contributed by atoms with Crippen molar-refractivity contribution in [1.29, 1.82) is 0 Å². The minimum atomic E-state index is -1.00. The zero-order valence-corrected chi connectivity index (χ0v) is 15.5. The molecule has 0 aromatic carbocycles. The number of hydrogen-bond donors (Lipinski definition) is 2. The molecule has 4 aliphatic rings. The Hall–Kier alpha value is -2.12. The number of carboxylic acid groups (broad SMARTS) is 1. The van der Waals surface area contributed by atoms with Gasteiger partial charge in [-0.1, -0.05) is 32.1 Å². The van der Waals surface area contributed by atoms with E-state index in [9.17, 15) is 24.3 Å². The zero-order valence-electron chi connectivity index (χ0n) is 15.5. The highest BCUT2D eigenvalue weighted by molar-refractivity contribution is 6.09. The number of hydrogen-bond acceptors (Lipinski definition) is 4. The van der Waals surface area contributed by atoms with E-state index in [1.54, 1.807) is 0 Å². The first kappa shape index (κ1) is 18.3.